The molecule has 1 aliphatic rings. The molecule has 1 aromatic heterocycles. The summed E-state index contributed by atoms with van der Waals surface area (Å²) < 4.78 is 13.5. The molecule has 0 atom stereocenters. The molecule has 2 aromatic rings. The molecule has 2 amide bonds. The molecule has 0 saturated carbocycles. The summed E-state index contributed by atoms with van der Waals surface area (Å²) in [6.45, 7) is 1.80. The highest BCUT2D eigenvalue weighted by Crippen LogP contribution is 2.21. The lowest BCUT2D eigenvalue weighted by molar-refractivity contribution is -0.133. The summed E-state index contributed by atoms with van der Waals surface area (Å²) >= 11 is 1.43. The molecular formula is C19H25FN4O2S. The highest BCUT2D eigenvalue weighted by molar-refractivity contribution is 7.99. The maximum absolute atomic E-state index is 13.5. The number of halogens is 1. The van der Waals surface area contributed by atoms with Gasteiger partial charge in [0, 0.05) is 23.6 Å². The maximum Gasteiger partial charge on any atom is 0.245 e. The zero-order chi connectivity index (χ0) is 19.3. The van der Waals surface area contributed by atoms with Gasteiger partial charge in [-0.05, 0) is 62.4 Å². The van der Waals surface area contributed by atoms with Crippen LogP contribution in [0.5, 0.6) is 0 Å². The summed E-state index contributed by atoms with van der Waals surface area (Å²) in [7, 11) is 0. The molecule has 27 heavy (non-hydrogen) atoms. The second kappa shape index (κ2) is 8.75. The lowest BCUT2D eigenvalue weighted by Crippen LogP contribution is -2.63. The molecule has 0 bridgehead atoms. The number of hydrogen-bond acceptors (Lipinski definition) is 4. The monoisotopic (exact) mass is 392 g/mol. The van der Waals surface area contributed by atoms with Crippen LogP contribution in [0.3, 0.4) is 0 Å². The van der Waals surface area contributed by atoms with E-state index in [0.717, 1.165) is 16.5 Å². The number of aromatic nitrogens is 1. The van der Waals surface area contributed by atoms with Gasteiger partial charge in [-0.2, -0.15) is 11.8 Å². The van der Waals surface area contributed by atoms with Crippen molar-refractivity contribution < 1.29 is 14.0 Å². The van der Waals surface area contributed by atoms with E-state index in [-0.39, 0.29) is 17.6 Å². The van der Waals surface area contributed by atoms with Crippen molar-refractivity contribution in [2.75, 3.05) is 31.6 Å². The van der Waals surface area contributed by atoms with Crippen LogP contribution in [-0.4, -0.2) is 54.0 Å². The van der Waals surface area contributed by atoms with Gasteiger partial charge in [0.25, 0.3) is 0 Å². The number of benzene rings is 1. The Morgan fingerprint density at radius 2 is 2.07 bits per heavy atom. The molecule has 0 radical (unpaired) electrons. The maximum atomic E-state index is 13.5. The summed E-state index contributed by atoms with van der Waals surface area (Å²) in [6, 6.07) is 4.63. The number of hydrogen-bond donors (Lipinski definition) is 4. The van der Waals surface area contributed by atoms with Gasteiger partial charge >= 0.3 is 0 Å². The van der Waals surface area contributed by atoms with Crippen molar-refractivity contribution in [1.29, 1.82) is 0 Å². The molecule has 6 nitrogen and oxygen atoms in total. The number of H-pyrrole nitrogens is 1. The fourth-order valence-electron chi connectivity index (χ4n) is 3.53. The first-order chi connectivity index (χ1) is 13.0. The third-order valence-electron chi connectivity index (χ3n) is 4.96. The van der Waals surface area contributed by atoms with Gasteiger partial charge in [0.05, 0.1) is 5.75 Å². The first kappa shape index (κ1) is 19.7. The van der Waals surface area contributed by atoms with E-state index in [1.807, 2.05) is 12.5 Å². The molecular weight excluding hydrogens is 367 g/mol. The SMILES string of the molecule is CSCC(=O)NC1(C(=O)NCCc2c[nH]c3ccc(F)cc23)CCNCC1. The van der Waals surface area contributed by atoms with E-state index in [0.29, 0.717) is 44.6 Å². The largest absolute Gasteiger partial charge is 0.361 e. The van der Waals surface area contributed by atoms with Crippen molar-refractivity contribution in [3.8, 4) is 0 Å². The molecule has 1 fully saturated rings. The van der Waals surface area contributed by atoms with Crippen LogP contribution in [0, 0.1) is 5.82 Å². The minimum Gasteiger partial charge on any atom is -0.361 e. The molecule has 146 valence electrons. The minimum atomic E-state index is -0.857. The lowest BCUT2D eigenvalue weighted by Gasteiger charge is -2.37. The van der Waals surface area contributed by atoms with Gasteiger partial charge in [-0.1, -0.05) is 0 Å². The Morgan fingerprint density at radius 1 is 1.30 bits per heavy atom. The second-order valence-electron chi connectivity index (χ2n) is 6.82. The van der Waals surface area contributed by atoms with Crippen molar-refractivity contribution in [1.82, 2.24) is 20.9 Å². The third kappa shape index (κ3) is 4.62. The fourth-order valence-corrected chi connectivity index (χ4v) is 3.87. The van der Waals surface area contributed by atoms with Crippen LogP contribution in [0.1, 0.15) is 18.4 Å². The molecule has 1 aromatic carbocycles. The van der Waals surface area contributed by atoms with Gasteiger partial charge in [0.2, 0.25) is 11.8 Å². The van der Waals surface area contributed by atoms with Crippen molar-refractivity contribution in [3.63, 3.8) is 0 Å². The first-order valence-corrected chi connectivity index (χ1v) is 10.5. The van der Waals surface area contributed by atoms with E-state index in [1.165, 1.54) is 23.9 Å². The fraction of sp³-hybridized carbons (Fsp3) is 0.474. The van der Waals surface area contributed by atoms with E-state index >= 15 is 0 Å². The third-order valence-corrected chi connectivity index (χ3v) is 5.51. The van der Waals surface area contributed by atoms with Gasteiger partial charge < -0.3 is 20.9 Å². The zero-order valence-corrected chi connectivity index (χ0v) is 16.2. The normalized spacial score (nSPS) is 16.2. The van der Waals surface area contributed by atoms with Gasteiger partial charge in [0.1, 0.15) is 11.4 Å². The number of aromatic amines is 1. The Morgan fingerprint density at radius 3 is 2.81 bits per heavy atom. The molecule has 1 aliphatic heterocycles. The number of carbonyl (C=O) groups excluding carboxylic acids is 2. The number of nitrogens with one attached hydrogen (secondary N) is 4. The van der Waals surface area contributed by atoms with E-state index in [1.54, 1.807) is 6.07 Å². The van der Waals surface area contributed by atoms with Crippen molar-refractivity contribution in [2.24, 2.45) is 0 Å². The Balaban J connectivity index is 1.63. The summed E-state index contributed by atoms with van der Waals surface area (Å²) in [5.74, 6) is -0.211. The van der Waals surface area contributed by atoms with E-state index in [4.69, 9.17) is 0 Å². The van der Waals surface area contributed by atoms with Crippen LogP contribution in [-0.2, 0) is 16.0 Å². The second-order valence-corrected chi connectivity index (χ2v) is 7.69. The molecule has 0 spiro atoms. The van der Waals surface area contributed by atoms with E-state index < -0.39 is 5.54 Å². The molecule has 3 rings (SSSR count). The summed E-state index contributed by atoms with van der Waals surface area (Å²) in [5.41, 5.74) is 0.970. The number of amides is 2. The Bertz CT molecular complexity index is 817. The molecule has 0 unspecified atom stereocenters. The van der Waals surface area contributed by atoms with Crippen LogP contribution in [0.25, 0.3) is 10.9 Å². The van der Waals surface area contributed by atoms with Crippen LogP contribution in [0.15, 0.2) is 24.4 Å². The summed E-state index contributed by atoms with van der Waals surface area (Å²) in [4.78, 5) is 28.1. The molecule has 4 N–H and O–H groups in total. The van der Waals surface area contributed by atoms with E-state index in [2.05, 4.69) is 20.9 Å². The molecule has 2 heterocycles. The predicted molar refractivity (Wildman–Crippen MR) is 106 cm³/mol. The smallest absolute Gasteiger partial charge is 0.245 e. The summed E-state index contributed by atoms with van der Waals surface area (Å²) in [5, 5.41) is 9.96. The highest BCUT2D eigenvalue weighted by atomic mass is 32.2. The van der Waals surface area contributed by atoms with Crippen LogP contribution in [0.2, 0.25) is 0 Å². The van der Waals surface area contributed by atoms with Crippen LogP contribution >= 0.6 is 11.8 Å². The Hall–Kier alpha value is -2.06. The number of carbonyl (C=O) groups is 2. The van der Waals surface area contributed by atoms with Gasteiger partial charge in [0.15, 0.2) is 0 Å². The van der Waals surface area contributed by atoms with Crippen molar-refractivity contribution in [2.45, 2.75) is 24.8 Å². The standard InChI is InChI=1S/C19H25FN4O2S/c1-27-12-17(25)24-19(5-8-21-9-6-19)18(26)22-7-4-13-11-23-16-3-2-14(20)10-15(13)16/h2-3,10-11,21,23H,4-9,12H2,1H3,(H,22,26)(H,24,25). The van der Waals surface area contributed by atoms with E-state index in [9.17, 15) is 14.0 Å². The Kier molecular flexibility index (Phi) is 6.38. The van der Waals surface area contributed by atoms with Crippen molar-refractivity contribution in [3.05, 3.63) is 35.8 Å². The minimum absolute atomic E-state index is 0.119. The highest BCUT2D eigenvalue weighted by Gasteiger charge is 2.40. The average Bonchev–Trinajstić information content (AvgIpc) is 3.04. The Labute approximate surface area is 162 Å². The molecule has 8 heteroatoms. The number of fused-ring (bicyclic) bond motifs is 1. The van der Waals surface area contributed by atoms with Crippen LogP contribution in [0.4, 0.5) is 4.39 Å². The predicted octanol–water partition coefficient (Wildman–Crippen LogP) is 1.57. The number of thioether (sulfide) groups is 1. The van der Waals surface area contributed by atoms with Gasteiger partial charge in [-0.3, -0.25) is 9.59 Å². The van der Waals surface area contributed by atoms with Crippen molar-refractivity contribution >= 4 is 34.5 Å². The first-order valence-electron chi connectivity index (χ1n) is 9.08. The van der Waals surface area contributed by atoms with Gasteiger partial charge in [-0.25, -0.2) is 4.39 Å². The zero-order valence-electron chi connectivity index (χ0n) is 15.4. The van der Waals surface area contributed by atoms with Gasteiger partial charge in [-0.15, -0.1) is 0 Å². The topological polar surface area (TPSA) is 86.0 Å². The molecule has 0 aliphatic carbocycles. The number of rotatable bonds is 7. The average molecular weight is 393 g/mol. The quantitative estimate of drug-likeness (QED) is 0.576. The van der Waals surface area contributed by atoms with Crippen LogP contribution < -0.4 is 16.0 Å². The lowest BCUT2D eigenvalue weighted by atomic mass is 9.87. The number of piperidine rings is 1. The summed E-state index contributed by atoms with van der Waals surface area (Å²) in [6.07, 6.45) is 5.42. The molecule has 1 saturated heterocycles.